The Kier molecular flexibility index (Phi) is 7.11. The fourth-order valence-electron chi connectivity index (χ4n) is 2.37. The van der Waals surface area contributed by atoms with Gasteiger partial charge < -0.3 is 4.41 Å². The molecule has 0 aliphatic heterocycles. The Balaban J connectivity index is 5.00. The van der Waals surface area contributed by atoms with Crippen molar-refractivity contribution in [1.29, 1.82) is 0 Å². The molecule has 0 amide bonds. The average Bonchev–Trinajstić information content (AvgIpc) is 2.01. The van der Waals surface area contributed by atoms with Gasteiger partial charge in [-0.3, -0.25) is 0 Å². The normalized spacial score (nSPS) is 12.9. The van der Waals surface area contributed by atoms with Crippen LogP contribution in [0.1, 0.15) is 40.0 Å². The van der Waals surface area contributed by atoms with Gasteiger partial charge in [0.15, 0.2) is 8.24 Å². The minimum Gasteiger partial charge on any atom is -0.338 e. The van der Waals surface area contributed by atoms with Crippen molar-refractivity contribution in [1.82, 2.24) is 0 Å². The Morgan fingerprint density at radius 3 is 1.33 bits per heavy atom. The predicted octanol–water partition coefficient (Wildman–Crippen LogP) is 5.25. The summed E-state index contributed by atoms with van der Waals surface area (Å²) in [5, 5.41) is 0. The van der Waals surface area contributed by atoms with Gasteiger partial charge in [-0.1, -0.05) is 59.7 Å². The zero-order chi connectivity index (χ0) is 11.9. The van der Waals surface area contributed by atoms with Crippen molar-refractivity contribution in [2.45, 2.75) is 59.7 Å². The summed E-state index contributed by atoms with van der Waals surface area (Å²) < 4.78 is 5.36. The zero-order valence-electron chi connectivity index (χ0n) is 11.6. The second kappa shape index (κ2) is 6.91. The fraction of sp³-hybridized carbons (Fsp3) is 1.00. The molecule has 0 spiro atoms. The van der Waals surface area contributed by atoms with Gasteiger partial charge in [-0.05, 0) is 25.5 Å². The highest BCUT2D eigenvalue weighted by molar-refractivity contribution is 7.67. The van der Waals surface area contributed by atoms with Crippen molar-refractivity contribution in [2.24, 2.45) is 4.41 Å². The third kappa shape index (κ3) is 6.58. The SMILES string of the molecule is CCCP(CCC)(CCC)=N[Si](C)(C)C. The lowest BCUT2D eigenvalue weighted by atomic mass is 10.6. The Morgan fingerprint density at radius 1 is 0.800 bits per heavy atom. The van der Waals surface area contributed by atoms with Crippen molar-refractivity contribution >= 4 is 15.3 Å². The molecule has 3 heteroatoms. The molecule has 1 nitrogen and oxygen atoms in total. The summed E-state index contributed by atoms with van der Waals surface area (Å²) in [7, 11) is -2.16. The largest absolute Gasteiger partial charge is 0.338 e. The van der Waals surface area contributed by atoms with E-state index in [9.17, 15) is 0 Å². The Morgan fingerprint density at radius 2 is 1.13 bits per heavy atom. The van der Waals surface area contributed by atoms with Crippen LogP contribution >= 0.6 is 7.05 Å². The highest BCUT2D eigenvalue weighted by atomic mass is 31.2. The Bertz CT molecular complexity index is 194. The van der Waals surface area contributed by atoms with Gasteiger partial charge in [0.05, 0.1) is 0 Å². The maximum absolute atomic E-state index is 5.36. The first-order chi connectivity index (χ1) is 6.89. The Hall–Kier alpha value is 0.447. The van der Waals surface area contributed by atoms with Crippen LogP contribution in [0.4, 0.5) is 0 Å². The van der Waals surface area contributed by atoms with Crippen LogP contribution in [0.5, 0.6) is 0 Å². The minimum atomic E-state index is -1.23. The lowest BCUT2D eigenvalue weighted by molar-refractivity contribution is 1.00. The van der Waals surface area contributed by atoms with Crippen LogP contribution in [0.15, 0.2) is 4.41 Å². The summed E-state index contributed by atoms with van der Waals surface area (Å²) >= 11 is 0. The van der Waals surface area contributed by atoms with E-state index < -0.39 is 15.3 Å². The number of rotatable bonds is 7. The zero-order valence-corrected chi connectivity index (χ0v) is 13.5. The molecule has 0 saturated heterocycles. The fourth-order valence-corrected chi connectivity index (χ4v) is 11.8. The van der Waals surface area contributed by atoms with E-state index in [1.54, 1.807) is 0 Å². The molecule has 0 saturated carbocycles. The first kappa shape index (κ1) is 15.4. The summed E-state index contributed by atoms with van der Waals surface area (Å²) in [5.41, 5.74) is 0. The second-order valence-corrected chi connectivity index (χ2v) is 14.2. The van der Waals surface area contributed by atoms with Gasteiger partial charge in [-0.25, -0.2) is 0 Å². The van der Waals surface area contributed by atoms with E-state index in [4.69, 9.17) is 4.41 Å². The molecule has 15 heavy (non-hydrogen) atoms. The lowest BCUT2D eigenvalue weighted by Crippen LogP contribution is -2.18. The van der Waals surface area contributed by atoms with E-state index in [-0.39, 0.29) is 0 Å². The summed E-state index contributed by atoms with van der Waals surface area (Å²) in [5.74, 6) is 0. The molecule has 0 aliphatic rings. The van der Waals surface area contributed by atoms with Crippen molar-refractivity contribution < 1.29 is 0 Å². The van der Waals surface area contributed by atoms with Crippen LogP contribution in [-0.2, 0) is 0 Å². The molecule has 0 radical (unpaired) electrons. The molecular weight excluding hydrogens is 217 g/mol. The molecule has 0 aliphatic carbocycles. The summed E-state index contributed by atoms with van der Waals surface area (Å²) in [6, 6.07) is 0. The van der Waals surface area contributed by atoms with E-state index in [1.165, 1.54) is 37.7 Å². The lowest BCUT2D eigenvalue weighted by Gasteiger charge is -2.28. The van der Waals surface area contributed by atoms with Gasteiger partial charge in [-0.2, -0.15) is 0 Å². The Labute approximate surface area is 98.2 Å². The van der Waals surface area contributed by atoms with Gasteiger partial charge in [0.2, 0.25) is 0 Å². The third-order valence-corrected chi connectivity index (χ3v) is 10.4. The number of hydrogen-bond donors (Lipinski definition) is 0. The van der Waals surface area contributed by atoms with Gasteiger partial charge in [0.25, 0.3) is 0 Å². The van der Waals surface area contributed by atoms with Gasteiger partial charge in [0.1, 0.15) is 0 Å². The molecule has 0 bridgehead atoms. The summed E-state index contributed by atoms with van der Waals surface area (Å²) in [6.07, 6.45) is 8.17. The monoisotopic (exact) mass is 247 g/mol. The molecule has 0 rings (SSSR count). The number of nitrogens with zero attached hydrogens (tertiary/aromatic N) is 1. The van der Waals surface area contributed by atoms with E-state index in [1.807, 2.05) is 0 Å². The van der Waals surface area contributed by atoms with Crippen LogP contribution in [-0.4, -0.2) is 26.7 Å². The van der Waals surface area contributed by atoms with Crippen LogP contribution < -0.4 is 0 Å². The van der Waals surface area contributed by atoms with Crippen molar-refractivity contribution in [3.05, 3.63) is 0 Å². The van der Waals surface area contributed by atoms with Gasteiger partial charge in [-0.15, -0.1) is 0 Å². The van der Waals surface area contributed by atoms with Crippen molar-refractivity contribution in [3.8, 4) is 0 Å². The molecular formula is C12H30NPSi. The molecule has 0 aromatic carbocycles. The first-order valence-corrected chi connectivity index (χ1v) is 12.2. The van der Waals surface area contributed by atoms with Crippen molar-refractivity contribution in [3.63, 3.8) is 0 Å². The van der Waals surface area contributed by atoms with Crippen LogP contribution in [0.3, 0.4) is 0 Å². The predicted molar refractivity (Wildman–Crippen MR) is 78.2 cm³/mol. The van der Waals surface area contributed by atoms with Crippen molar-refractivity contribution in [2.75, 3.05) is 18.5 Å². The van der Waals surface area contributed by atoms with Crippen LogP contribution in [0.2, 0.25) is 19.6 Å². The molecule has 0 fully saturated rings. The van der Waals surface area contributed by atoms with E-state index in [0.29, 0.717) is 0 Å². The van der Waals surface area contributed by atoms with E-state index in [2.05, 4.69) is 40.4 Å². The summed E-state index contributed by atoms with van der Waals surface area (Å²) in [4.78, 5) is 0. The molecule has 0 heterocycles. The highest BCUT2D eigenvalue weighted by Gasteiger charge is 2.21. The minimum absolute atomic E-state index is 0.931. The van der Waals surface area contributed by atoms with Crippen LogP contribution in [0, 0.1) is 0 Å². The average molecular weight is 247 g/mol. The maximum Gasteiger partial charge on any atom is 0.170 e. The van der Waals surface area contributed by atoms with Crippen LogP contribution in [0.25, 0.3) is 0 Å². The highest BCUT2D eigenvalue weighted by Crippen LogP contribution is 2.52. The standard InChI is InChI=1S/C12H30NPSi/c1-7-10-14(11-8-2,12-9-3)13-15(4,5)6/h7-12H2,1-6H3. The molecule has 0 N–H and O–H groups in total. The molecule has 0 atom stereocenters. The molecule has 92 valence electrons. The maximum atomic E-state index is 5.36. The van der Waals surface area contributed by atoms with Gasteiger partial charge >= 0.3 is 0 Å². The molecule has 0 unspecified atom stereocenters. The van der Waals surface area contributed by atoms with Gasteiger partial charge in [0, 0.05) is 0 Å². The smallest absolute Gasteiger partial charge is 0.170 e. The second-order valence-electron chi connectivity index (χ2n) is 5.54. The van der Waals surface area contributed by atoms with E-state index in [0.717, 1.165) is 0 Å². The topological polar surface area (TPSA) is 12.4 Å². The third-order valence-electron chi connectivity index (χ3n) is 2.43. The summed E-state index contributed by atoms with van der Waals surface area (Å²) in [6.45, 7) is 14.1. The number of hydrogen-bond acceptors (Lipinski definition) is 1. The first-order valence-electron chi connectivity index (χ1n) is 6.49. The molecule has 0 aromatic heterocycles. The van der Waals surface area contributed by atoms with E-state index >= 15 is 0 Å². The quantitative estimate of drug-likeness (QED) is 0.430. The molecule has 0 aromatic rings.